The third kappa shape index (κ3) is 5.65. The number of halogens is 1. The van der Waals surface area contributed by atoms with Gasteiger partial charge in [-0.3, -0.25) is 19.6 Å². The molecule has 11 heteroatoms. The standard InChI is InChI=1S/C21H20FN5O5/c1-14(24-25-21(28)12-26-11-17(10-23-26)27(29)30)15-7-8-19(20(9-15)31-2)32-13-16-5-3-4-6-18(16)22/h3-11H,12-13H2,1-2H3,(H,25,28)/b24-14+. The lowest BCUT2D eigenvalue weighted by Gasteiger charge is -2.12. The Labute approximate surface area is 182 Å². The fourth-order valence-corrected chi connectivity index (χ4v) is 2.71. The van der Waals surface area contributed by atoms with Crippen molar-refractivity contribution >= 4 is 17.3 Å². The molecular formula is C21H20FN5O5. The summed E-state index contributed by atoms with van der Waals surface area (Å²) in [5.41, 5.74) is 3.74. The minimum Gasteiger partial charge on any atom is -0.493 e. The Hall–Kier alpha value is -4.28. The van der Waals surface area contributed by atoms with Gasteiger partial charge in [-0.05, 0) is 31.2 Å². The number of amides is 1. The van der Waals surface area contributed by atoms with Crippen molar-refractivity contribution in [1.29, 1.82) is 0 Å². The van der Waals surface area contributed by atoms with Crippen LogP contribution in [0.4, 0.5) is 10.1 Å². The normalized spacial score (nSPS) is 11.2. The molecule has 1 N–H and O–H groups in total. The highest BCUT2D eigenvalue weighted by Crippen LogP contribution is 2.29. The Morgan fingerprint density at radius 3 is 2.75 bits per heavy atom. The number of nitrogens with zero attached hydrogens (tertiary/aromatic N) is 4. The van der Waals surface area contributed by atoms with E-state index in [2.05, 4.69) is 15.6 Å². The first kappa shape index (κ1) is 22.4. The van der Waals surface area contributed by atoms with E-state index in [0.29, 0.717) is 28.3 Å². The topological polar surface area (TPSA) is 121 Å². The van der Waals surface area contributed by atoms with E-state index in [9.17, 15) is 19.3 Å². The second-order valence-corrected chi connectivity index (χ2v) is 6.63. The summed E-state index contributed by atoms with van der Waals surface area (Å²) in [5.74, 6) is -0.00846. The zero-order valence-electron chi connectivity index (χ0n) is 17.3. The van der Waals surface area contributed by atoms with Crippen LogP contribution < -0.4 is 14.9 Å². The first-order valence-corrected chi connectivity index (χ1v) is 9.42. The number of aromatic nitrogens is 2. The molecule has 0 aliphatic carbocycles. The summed E-state index contributed by atoms with van der Waals surface area (Å²) in [4.78, 5) is 22.1. The van der Waals surface area contributed by atoms with Crippen LogP contribution in [0.1, 0.15) is 18.1 Å². The van der Waals surface area contributed by atoms with Crippen molar-refractivity contribution in [3.05, 3.63) is 81.9 Å². The molecule has 0 aliphatic heterocycles. The Kier molecular flexibility index (Phi) is 7.11. The average Bonchev–Trinajstić information content (AvgIpc) is 3.25. The second kappa shape index (κ2) is 10.2. The second-order valence-electron chi connectivity index (χ2n) is 6.63. The Bertz CT molecular complexity index is 1160. The van der Waals surface area contributed by atoms with Gasteiger partial charge in [0, 0.05) is 11.1 Å². The molecular weight excluding hydrogens is 421 g/mol. The van der Waals surface area contributed by atoms with E-state index in [1.807, 2.05) is 0 Å². The van der Waals surface area contributed by atoms with Gasteiger partial charge in [0.15, 0.2) is 11.5 Å². The van der Waals surface area contributed by atoms with Crippen molar-refractivity contribution in [2.75, 3.05) is 7.11 Å². The number of rotatable bonds is 9. The SMILES string of the molecule is COc1cc(/C(C)=N/NC(=O)Cn2cc([N+](=O)[O-])cn2)ccc1OCc1ccccc1F. The highest BCUT2D eigenvalue weighted by molar-refractivity contribution is 5.99. The Morgan fingerprint density at radius 1 is 1.28 bits per heavy atom. The van der Waals surface area contributed by atoms with E-state index >= 15 is 0 Å². The van der Waals surface area contributed by atoms with E-state index < -0.39 is 10.8 Å². The van der Waals surface area contributed by atoms with Gasteiger partial charge in [-0.15, -0.1) is 0 Å². The quantitative estimate of drug-likeness (QED) is 0.310. The van der Waals surface area contributed by atoms with Crippen molar-refractivity contribution in [2.24, 2.45) is 5.10 Å². The highest BCUT2D eigenvalue weighted by atomic mass is 19.1. The van der Waals surface area contributed by atoms with Gasteiger partial charge in [-0.1, -0.05) is 18.2 Å². The molecule has 0 unspecified atom stereocenters. The molecule has 166 valence electrons. The van der Waals surface area contributed by atoms with Crippen LogP contribution in [0.3, 0.4) is 0 Å². The maximum Gasteiger partial charge on any atom is 0.307 e. The summed E-state index contributed by atoms with van der Waals surface area (Å²) in [6, 6.07) is 11.4. The smallest absolute Gasteiger partial charge is 0.307 e. The van der Waals surface area contributed by atoms with Crippen LogP contribution in [0.5, 0.6) is 11.5 Å². The summed E-state index contributed by atoms with van der Waals surface area (Å²) in [5, 5.41) is 18.5. The van der Waals surface area contributed by atoms with Crippen molar-refractivity contribution in [2.45, 2.75) is 20.1 Å². The van der Waals surface area contributed by atoms with Gasteiger partial charge in [0.1, 0.15) is 31.4 Å². The lowest BCUT2D eigenvalue weighted by Crippen LogP contribution is -2.24. The number of carbonyl (C=O) groups is 1. The monoisotopic (exact) mass is 441 g/mol. The van der Waals surface area contributed by atoms with Crippen LogP contribution in [0.15, 0.2) is 60.0 Å². The molecule has 0 atom stereocenters. The molecule has 0 saturated heterocycles. The van der Waals surface area contributed by atoms with Gasteiger partial charge in [0.2, 0.25) is 0 Å². The fraction of sp³-hybridized carbons (Fsp3) is 0.190. The minimum atomic E-state index is -0.596. The molecule has 0 radical (unpaired) electrons. The number of hydrogen-bond acceptors (Lipinski definition) is 7. The number of nitro groups is 1. The predicted molar refractivity (Wildman–Crippen MR) is 113 cm³/mol. The molecule has 3 rings (SSSR count). The first-order valence-electron chi connectivity index (χ1n) is 9.42. The summed E-state index contributed by atoms with van der Waals surface area (Å²) >= 11 is 0. The zero-order valence-corrected chi connectivity index (χ0v) is 17.3. The van der Waals surface area contributed by atoms with Crippen LogP contribution in [0.25, 0.3) is 0 Å². The maximum absolute atomic E-state index is 13.8. The number of nitrogens with one attached hydrogen (secondary N) is 1. The lowest BCUT2D eigenvalue weighted by atomic mass is 10.1. The number of methoxy groups -OCH3 is 1. The van der Waals surface area contributed by atoms with Crippen LogP contribution in [-0.4, -0.2) is 33.4 Å². The van der Waals surface area contributed by atoms with Crippen LogP contribution in [-0.2, 0) is 17.9 Å². The number of ether oxygens (including phenoxy) is 2. The van der Waals surface area contributed by atoms with Crippen molar-refractivity contribution in [1.82, 2.24) is 15.2 Å². The first-order chi connectivity index (χ1) is 15.4. The highest BCUT2D eigenvalue weighted by Gasteiger charge is 2.12. The minimum absolute atomic E-state index is 0.0388. The van der Waals surface area contributed by atoms with E-state index in [1.54, 1.807) is 43.3 Å². The van der Waals surface area contributed by atoms with Gasteiger partial charge < -0.3 is 9.47 Å². The molecule has 0 spiro atoms. The van der Waals surface area contributed by atoms with Crippen LogP contribution in [0, 0.1) is 15.9 Å². The number of carbonyl (C=O) groups excluding carboxylic acids is 1. The summed E-state index contributed by atoms with van der Waals surface area (Å²) in [6.45, 7) is 1.50. The lowest BCUT2D eigenvalue weighted by molar-refractivity contribution is -0.385. The molecule has 3 aromatic rings. The molecule has 1 aromatic heterocycles. The molecule has 1 amide bonds. The van der Waals surface area contributed by atoms with Gasteiger partial charge in [0.05, 0.1) is 17.7 Å². The number of hydrogen-bond donors (Lipinski definition) is 1. The molecule has 0 saturated carbocycles. The van der Waals surface area contributed by atoms with Crippen molar-refractivity contribution < 1.29 is 23.6 Å². The summed E-state index contributed by atoms with van der Waals surface area (Å²) in [7, 11) is 1.48. The number of hydrazone groups is 1. The van der Waals surface area contributed by atoms with Gasteiger partial charge in [-0.25, -0.2) is 9.82 Å². The van der Waals surface area contributed by atoms with Crippen molar-refractivity contribution in [3.63, 3.8) is 0 Å². The fourth-order valence-electron chi connectivity index (χ4n) is 2.71. The largest absolute Gasteiger partial charge is 0.493 e. The van der Waals surface area contributed by atoms with Crippen LogP contribution in [0.2, 0.25) is 0 Å². The van der Waals surface area contributed by atoms with Crippen LogP contribution >= 0.6 is 0 Å². The van der Waals surface area contributed by atoms with Gasteiger partial charge in [0.25, 0.3) is 5.91 Å². The molecule has 0 bridgehead atoms. The molecule has 0 fully saturated rings. The predicted octanol–water partition coefficient (Wildman–Crippen LogP) is 3.06. The maximum atomic E-state index is 13.8. The van der Waals surface area contributed by atoms with Gasteiger partial charge in [-0.2, -0.15) is 10.2 Å². The van der Waals surface area contributed by atoms with E-state index in [4.69, 9.17) is 9.47 Å². The van der Waals surface area contributed by atoms with Crippen molar-refractivity contribution in [3.8, 4) is 11.5 Å². The zero-order chi connectivity index (χ0) is 23.1. The summed E-state index contributed by atoms with van der Waals surface area (Å²) in [6.07, 6.45) is 2.21. The molecule has 1 heterocycles. The summed E-state index contributed by atoms with van der Waals surface area (Å²) < 4.78 is 25.9. The molecule has 32 heavy (non-hydrogen) atoms. The van der Waals surface area contributed by atoms with E-state index in [-0.39, 0.29) is 24.7 Å². The molecule has 10 nitrogen and oxygen atoms in total. The third-order valence-electron chi connectivity index (χ3n) is 4.41. The molecule has 2 aromatic carbocycles. The number of benzene rings is 2. The van der Waals surface area contributed by atoms with E-state index in [0.717, 1.165) is 17.1 Å². The Balaban J connectivity index is 1.63. The van der Waals surface area contributed by atoms with E-state index in [1.165, 1.54) is 13.2 Å². The molecule has 0 aliphatic rings. The average molecular weight is 441 g/mol. The van der Waals surface area contributed by atoms with Gasteiger partial charge >= 0.3 is 5.69 Å². The third-order valence-corrected chi connectivity index (χ3v) is 4.41. The Morgan fingerprint density at radius 2 is 2.06 bits per heavy atom.